The van der Waals surface area contributed by atoms with Crippen molar-refractivity contribution in [3.63, 3.8) is 0 Å². The van der Waals surface area contributed by atoms with Gasteiger partial charge < -0.3 is 15.4 Å². The highest BCUT2D eigenvalue weighted by atomic mass is 16.5. The fourth-order valence-electron chi connectivity index (χ4n) is 3.65. The number of rotatable bonds is 5. The van der Waals surface area contributed by atoms with E-state index < -0.39 is 0 Å². The number of anilines is 1. The summed E-state index contributed by atoms with van der Waals surface area (Å²) in [7, 11) is 1.57. The van der Waals surface area contributed by atoms with Crippen LogP contribution < -0.4 is 15.4 Å². The van der Waals surface area contributed by atoms with Crippen molar-refractivity contribution < 1.29 is 14.3 Å². The third-order valence-electron chi connectivity index (χ3n) is 5.37. The van der Waals surface area contributed by atoms with Crippen LogP contribution >= 0.6 is 0 Å². The maximum absolute atomic E-state index is 12.4. The molecule has 2 amide bonds. The van der Waals surface area contributed by atoms with E-state index in [1.807, 2.05) is 25.1 Å². The van der Waals surface area contributed by atoms with Crippen LogP contribution in [0.2, 0.25) is 0 Å². The van der Waals surface area contributed by atoms with Crippen LogP contribution in [0.5, 0.6) is 5.75 Å². The van der Waals surface area contributed by atoms with E-state index in [0.29, 0.717) is 22.8 Å². The molecule has 1 saturated carbocycles. The molecule has 5 nitrogen and oxygen atoms in total. The number of amides is 2. The molecule has 1 aliphatic rings. The highest BCUT2D eigenvalue weighted by Crippen LogP contribution is 2.39. The van der Waals surface area contributed by atoms with E-state index in [4.69, 9.17) is 4.74 Å². The van der Waals surface area contributed by atoms with Crippen molar-refractivity contribution in [3.05, 3.63) is 23.8 Å². The van der Waals surface area contributed by atoms with Crippen molar-refractivity contribution in [2.75, 3.05) is 19.0 Å². The van der Waals surface area contributed by atoms with Crippen LogP contribution in [-0.2, 0) is 9.59 Å². The fourth-order valence-corrected chi connectivity index (χ4v) is 3.65. The van der Waals surface area contributed by atoms with Gasteiger partial charge in [0.1, 0.15) is 5.75 Å². The van der Waals surface area contributed by atoms with Crippen LogP contribution in [0.4, 0.5) is 5.69 Å². The standard InChI is InChI=1S/C21H32N2O3/c1-14-6-11-18(26-5)17(12-14)23-19(24)13-22-20(25)15-7-9-16(10-8-15)21(2,3)4/h6,11-12,15-16H,7-10,13H2,1-5H3,(H,22,25)(H,23,24). The van der Waals surface area contributed by atoms with E-state index >= 15 is 0 Å². The first kappa shape index (κ1) is 20.3. The van der Waals surface area contributed by atoms with E-state index in [-0.39, 0.29) is 24.3 Å². The predicted octanol–water partition coefficient (Wildman–Crippen LogP) is 3.91. The van der Waals surface area contributed by atoms with Gasteiger partial charge in [0.25, 0.3) is 0 Å². The van der Waals surface area contributed by atoms with Gasteiger partial charge in [0.15, 0.2) is 0 Å². The van der Waals surface area contributed by atoms with Gasteiger partial charge in [-0.2, -0.15) is 0 Å². The van der Waals surface area contributed by atoms with Gasteiger partial charge in [0, 0.05) is 5.92 Å². The molecular formula is C21H32N2O3. The number of carbonyl (C=O) groups is 2. The van der Waals surface area contributed by atoms with Gasteiger partial charge in [-0.15, -0.1) is 0 Å². The highest BCUT2D eigenvalue weighted by molar-refractivity contribution is 5.96. The summed E-state index contributed by atoms with van der Waals surface area (Å²) in [5.74, 6) is 1.05. The number of aryl methyl sites for hydroxylation is 1. The number of ether oxygens (including phenoxy) is 1. The molecule has 0 spiro atoms. The summed E-state index contributed by atoms with van der Waals surface area (Å²) in [6.45, 7) is 8.73. The van der Waals surface area contributed by atoms with Gasteiger partial charge in [0.05, 0.1) is 19.3 Å². The largest absolute Gasteiger partial charge is 0.495 e. The Balaban J connectivity index is 1.81. The van der Waals surface area contributed by atoms with Crippen LogP contribution in [0.3, 0.4) is 0 Å². The zero-order valence-electron chi connectivity index (χ0n) is 16.6. The number of hydrogen-bond acceptors (Lipinski definition) is 3. The molecular weight excluding hydrogens is 328 g/mol. The molecule has 0 radical (unpaired) electrons. The zero-order chi connectivity index (χ0) is 19.3. The van der Waals surface area contributed by atoms with Crippen molar-refractivity contribution in [3.8, 4) is 5.75 Å². The van der Waals surface area contributed by atoms with Crippen LogP contribution in [0.15, 0.2) is 18.2 Å². The van der Waals surface area contributed by atoms with Crippen molar-refractivity contribution in [1.29, 1.82) is 0 Å². The molecule has 0 heterocycles. The number of methoxy groups -OCH3 is 1. The lowest BCUT2D eigenvalue weighted by Crippen LogP contribution is -2.39. The fraction of sp³-hybridized carbons (Fsp3) is 0.619. The van der Waals surface area contributed by atoms with E-state index in [0.717, 1.165) is 31.2 Å². The lowest BCUT2D eigenvalue weighted by molar-refractivity contribution is -0.128. The van der Waals surface area contributed by atoms with Crippen molar-refractivity contribution >= 4 is 17.5 Å². The number of hydrogen-bond donors (Lipinski definition) is 2. The van der Waals surface area contributed by atoms with Crippen molar-refractivity contribution in [1.82, 2.24) is 5.32 Å². The minimum atomic E-state index is -0.245. The monoisotopic (exact) mass is 360 g/mol. The highest BCUT2D eigenvalue weighted by Gasteiger charge is 2.32. The lowest BCUT2D eigenvalue weighted by Gasteiger charge is -2.36. The number of benzene rings is 1. The second-order valence-electron chi connectivity index (χ2n) is 8.38. The maximum Gasteiger partial charge on any atom is 0.243 e. The molecule has 1 aromatic rings. The Bertz CT molecular complexity index is 641. The maximum atomic E-state index is 12.4. The summed E-state index contributed by atoms with van der Waals surface area (Å²) in [6, 6.07) is 5.59. The summed E-state index contributed by atoms with van der Waals surface area (Å²) in [5, 5.41) is 5.60. The van der Waals surface area contributed by atoms with Gasteiger partial charge in [0.2, 0.25) is 11.8 Å². The summed E-state index contributed by atoms with van der Waals surface area (Å²) in [4.78, 5) is 24.6. The Hall–Kier alpha value is -2.04. The Morgan fingerprint density at radius 2 is 1.81 bits per heavy atom. The molecule has 144 valence electrons. The molecule has 0 aromatic heterocycles. The van der Waals surface area contributed by atoms with E-state index in [2.05, 4.69) is 31.4 Å². The lowest BCUT2D eigenvalue weighted by atomic mass is 9.70. The average Bonchev–Trinajstić information content (AvgIpc) is 2.59. The molecule has 1 aromatic carbocycles. The van der Waals surface area contributed by atoms with Crippen LogP contribution in [0.25, 0.3) is 0 Å². The molecule has 1 fully saturated rings. The SMILES string of the molecule is COc1ccc(C)cc1NC(=O)CNC(=O)C1CCC(C(C)(C)C)CC1. The molecule has 0 bridgehead atoms. The summed E-state index contributed by atoms with van der Waals surface area (Å²) >= 11 is 0. The second-order valence-corrected chi connectivity index (χ2v) is 8.38. The Morgan fingerprint density at radius 3 is 2.38 bits per heavy atom. The first-order chi connectivity index (χ1) is 12.2. The van der Waals surface area contributed by atoms with Crippen molar-refractivity contribution in [2.45, 2.75) is 53.4 Å². The molecule has 26 heavy (non-hydrogen) atoms. The molecule has 1 aliphatic carbocycles. The minimum Gasteiger partial charge on any atom is -0.495 e. The molecule has 5 heteroatoms. The smallest absolute Gasteiger partial charge is 0.243 e. The minimum absolute atomic E-state index is 0.0104. The second kappa shape index (κ2) is 8.56. The number of carbonyl (C=O) groups excluding carboxylic acids is 2. The van der Waals surface area contributed by atoms with E-state index in [1.165, 1.54) is 0 Å². The van der Waals surface area contributed by atoms with Gasteiger partial charge in [-0.1, -0.05) is 26.8 Å². The van der Waals surface area contributed by atoms with Gasteiger partial charge >= 0.3 is 0 Å². The normalized spacial score (nSPS) is 20.3. The Morgan fingerprint density at radius 1 is 1.15 bits per heavy atom. The predicted molar refractivity (Wildman–Crippen MR) is 104 cm³/mol. The first-order valence-electron chi connectivity index (χ1n) is 9.43. The van der Waals surface area contributed by atoms with Gasteiger partial charge in [-0.05, 0) is 61.6 Å². The van der Waals surface area contributed by atoms with E-state index in [9.17, 15) is 9.59 Å². The molecule has 0 saturated heterocycles. The molecule has 0 unspecified atom stereocenters. The van der Waals surface area contributed by atoms with Crippen molar-refractivity contribution in [2.24, 2.45) is 17.3 Å². The summed E-state index contributed by atoms with van der Waals surface area (Å²) < 4.78 is 5.26. The molecule has 0 atom stereocenters. The number of nitrogens with one attached hydrogen (secondary N) is 2. The molecule has 2 rings (SSSR count). The average molecular weight is 360 g/mol. The first-order valence-corrected chi connectivity index (χ1v) is 9.43. The third kappa shape index (κ3) is 5.48. The Kier molecular flexibility index (Phi) is 6.68. The summed E-state index contributed by atoms with van der Waals surface area (Å²) in [6.07, 6.45) is 3.96. The zero-order valence-corrected chi connectivity index (χ0v) is 16.6. The van der Waals surface area contributed by atoms with Crippen LogP contribution in [0, 0.1) is 24.2 Å². The summed E-state index contributed by atoms with van der Waals surface area (Å²) in [5.41, 5.74) is 1.95. The Labute approximate surface area is 156 Å². The topological polar surface area (TPSA) is 67.4 Å². The molecule has 2 N–H and O–H groups in total. The third-order valence-corrected chi connectivity index (χ3v) is 5.37. The quantitative estimate of drug-likeness (QED) is 0.836. The van der Waals surface area contributed by atoms with Crippen LogP contribution in [-0.4, -0.2) is 25.5 Å². The van der Waals surface area contributed by atoms with E-state index in [1.54, 1.807) is 7.11 Å². The molecule has 0 aliphatic heterocycles. The van der Waals surface area contributed by atoms with Crippen LogP contribution in [0.1, 0.15) is 52.0 Å². The van der Waals surface area contributed by atoms with Gasteiger partial charge in [-0.25, -0.2) is 0 Å². The van der Waals surface area contributed by atoms with Gasteiger partial charge in [-0.3, -0.25) is 9.59 Å².